The van der Waals surface area contributed by atoms with E-state index in [1.165, 1.54) is 18.4 Å². The summed E-state index contributed by atoms with van der Waals surface area (Å²) in [7, 11) is -2.87. The van der Waals surface area contributed by atoms with Crippen LogP contribution in [-0.4, -0.2) is 110 Å². The third-order valence-electron chi connectivity index (χ3n) is 5.20. The van der Waals surface area contributed by atoms with E-state index in [0.717, 1.165) is 43.8 Å². The molecule has 12 nitrogen and oxygen atoms in total. The first-order chi connectivity index (χ1) is 19.0. The van der Waals surface area contributed by atoms with E-state index in [-0.39, 0.29) is 34.6 Å². The van der Waals surface area contributed by atoms with Crippen LogP contribution in [0.15, 0.2) is 29.2 Å². The van der Waals surface area contributed by atoms with Crippen LogP contribution in [0, 0.1) is 0 Å². The summed E-state index contributed by atoms with van der Waals surface area (Å²) in [5.41, 5.74) is 0.965. The van der Waals surface area contributed by atoms with Gasteiger partial charge in [-0.25, -0.2) is 16.8 Å². The lowest BCUT2D eigenvalue weighted by Crippen LogP contribution is -2.43. The number of nitrogens with one attached hydrogen (secondary N) is 2. The zero-order valence-corrected chi connectivity index (χ0v) is 32.3. The van der Waals surface area contributed by atoms with E-state index < -0.39 is 37.8 Å². The fraction of sp³-hybridized carbons (Fsp3) is 0.739. The number of thiol groups is 1. The molecular formula is C23H48ClIN2O10S4Si. The maximum absolute atomic E-state index is 11.1. The van der Waals surface area contributed by atoms with Gasteiger partial charge in [-0.05, 0) is 63.0 Å². The van der Waals surface area contributed by atoms with Crippen LogP contribution in [0.3, 0.4) is 0 Å². The summed E-state index contributed by atoms with van der Waals surface area (Å²) in [6, 6.07) is 7.01. The first-order valence-corrected chi connectivity index (χ1v) is 21.4. The maximum Gasteiger partial charge on any atom is 0.500 e. The van der Waals surface area contributed by atoms with Crippen molar-refractivity contribution in [2.75, 3.05) is 71.0 Å². The van der Waals surface area contributed by atoms with Crippen molar-refractivity contribution in [2.45, 2.75) is 43.5 Å². The molecule has 0 spiro atoms. The maximum atomic E-state index is 11.1. The first-order valence-electron chi connectivity index (χ1n) is 12.8. The molecule has 1 rings (SSSR count). The molecule has 1 aromatic rings. The largest absolute Gasteiger partial charge is 0.500 e. The molecule has 19 heteroatoms. The molecule has 0 aliphatic carbocycles. The van der Waals surface area contributed by atoms with Crippen LogP contribution in [0.2, 0.25) is 6.04 Å². The molecule has 0 aliphatic heterocycles. The predicted molar refractivity (Wildman–Crippen MR) is 185 cm³/mol. The van der Waals surface area contributed by atoms with Gasteiger partial charge in [0, 0.05) is 56.6 Å². The molecule has 0 saturated heterocycles. The highest BCUT2D eigenvalue weighted by molar-refractivity contribution is 14.0. The van der Waals surface area contributed by atoms with Crippen molar-refractivity contribution in [3.63, 3.8) is 0 Å². The summed E-state index contributed by atoms with van der Waals surface area (Å²) in [6.07, 6.45) is 4.20. The molecule has 0 aromatic heterocycles. The van der Waals surface area contributed by atoms with E-state index in [2.05, 4.69) is 30.2 Å². The van der Waals surface area contributed by atoms with Gasteiger partial charge in [-0.2, -0.15) is 21.0 Å². The Labute approximate surface area is 281 Å². The molecule has 0 radical (unpaired) electrons. The standard InChI is InChI=1S/C11H17ClO5SSi.C7H17NO2S.C5H13NO3S2.HI/c1-15-19(16-2,17-3)9-8-10-4-6-11(7-5-10)18(12,13)14;1-3-5-8-6-4-7-11(2,9)10;7-11(8,9)5-1-2-6-3-4-10;/h4-7H,8-9H2,1-3H3;8H,3-7H2,1-2H3;6,10H,1-5H2,(H,7,8,9);1H. The third kappa shape index (κ3) is 27.9. The number of benzene rings is 1. The normalized spacial score (nSPS) is 11.9. The lowest BCUT2D eigenvalue weighted by molar-refractivity contribution is 0.123. The van der Waals surface area contributed by atoms with E-state index in [1.54, 1.807) is 33.5 Å². The van der Waals surface area contributed by atoms with Gasteiger partial charge in [0.2, 0.25) is 0 Å². The monoisotopic (exact) mass is 830 g/mol. The Morgan fingerprint density at radius 1 is 0.857 bits per heavy atom. The van der Waals surface area contributed by atoms with Crippen molar-refractivity contribution >= 4 is 85.1 Å². The molecule has 3 N–H and O–H groups in total. The number of halogens is 2. The summed E-state index contributed by atoms with van der Waals surface area (Å²) >= 11 is 3.95. The van der Waals surface area contributed by atoms with Gasteiger partial charge in [0.15, 0.2) is 0 Å². The van der Waals surface area contributed by atoms with E-state index in [4.69, 9.17) is 28.5 Å². The number of aryl methyl sites for hydroxylation is 1. The van der Waals surface area contributed by atoms with Crippen molar-refractivity contribution in [3.05, 3.63) is 29.8 Å². The highest BCUT2D eigenvalue weighted by Gasteiger charge is 2.37. The third-order valence-corrected chi connectivity index (χ3v) is 11.4. The lowest BCUT2D eigenvalue weighted by atomic mass is 10.2. The van der Waals surface area contributed by atoms with Gasteiger partial charge in [0.05, 0.1) is 16.4 Å². The van der Waals surface area contributed by atoms with Crippen molar-refractivity contribution in [1.82, 2.24) is 10.6 Å². The Morgan fingerprint density at radius 2 is 1.33 bits per heavy atom. The Hall–Kier alpha value is 0.417. The van der Waals surface area contributed by atoms with Crippen molar-refractivity contribution in [2.24, 2.45) is 0 Å². The Morgan fingerprint density at radius 3 is 1.71 bits per heavy atom. The van der Waals surface area contributed by atoms with Gasteiger partial charge in [-0.15, -0.1) is 24.0 Å². The molecule has 0 amide bonds. The van der Waals surface area contributed by atoms with Gasteiger partial charge < -0.3 is 23.9 Å². The molecule has 1 aromatic carbocycles. The van der Waals surface area contributed by atoms with Crippen LogP contribution in [0.1, 0.15) is 31.7 Å². The van der Waals surface area contributed by atoms with Gasteiger partial charge in [0.25, 0.3) is 19.2 Å². The number of hydrogen-bond acceptors (Lipinski definition) is 12. The Bertz CT molecular complexity index is 1080. The second kappa shape index (κ2) is 25.6. The average Bonchev–Trinajstić information content (AvgIpc) is 2.89. The van der Waals surface area contributed by atoms with Crippen molar-refractivity contribution < 1.29 is 43.1 Å². The lowest BCUT2D eigenvalue weighted by Gasteiger charge is -2.24. The zero-order chi connectivity index (χ0) is 32.0. The van der Waals surface area contributed by atoms with Crippen molar-refractivity contribution in [3.8, 4) is 0 Å². The van der Waals surface area contributed by atoms with Crippen LogP contribution in [0.4, 0.5) is 0 Å². The number of hydrogen-bond donors (Lipinski definition) is 4. The second-order valence-electron chi connectivity index (χ2n) is 8.72. The minimum Gasteiger partial charge on any atom is -0.377 e. The van der Waals surface area contributed by atoms with Crippen LogP contribution in [-0.2, 0) is 48.7 Å². The molecule has 0 fully saturated rings. The molecule has 252 valence electrons. The highest BCUT2D eigenvalue weighted by atomic mass is 127. The Balaban J connectivity index is -0.000000574. The van der Waals surface area contributed by atoms with Crippen LogP contribution < -0.4 is 10.6 Å². The molecule has 0 unspecified atom stereocenters. The molecule has 42 heavy (non-hydrogen) atoms. The molecule has 0 heterocycles. The predicted octanol–water partition coefficient (Wildman–Crippen LogP) is 2.86. The van der Waals surface area contributed by atoms with E-state index in [0.29, 0.717) is 31.2 Å². The molecule has 0 saturated carbocycles. The summed E-state index contributed by atoms with van der Waals surface area (Å²) in [5.74, 6) is 0.849. The Kier molecular flexibility index (Phi) is 28.5. The van der Waals surface area contributed by atoms with Gasteiger partial charge >= 0.3 is 8.80 Å². The SMILES string of the molecule is CCCNCCCS(C)(=O)=O.CO[Si](CCc1ccc(S(=O)(=O)Cl)cc1)(OC)OC.I.O=S(=O)(O)CCCNCCS. The van der Waals surface area contributed by atoms with Gasteiger partial charge in [-0.1, -0.05) is 19.1 Å². The van der Waals surface area contributed by atoms with E-state index in [1.807, 2.05) is 0 Å². The summed E-state index contributed by atoms with van der Waals surface area (Å²) in [4.78, 5) is 0.0895. The zero-order valence-electron chi connectivity index (χ0n) is 24.9. The molecule has 0 bridgehead atoms. The quantitative estimate of drug-likeness (QED) is 0.0402. The van der Waals surface area contributed by atoms with Gasteiger partial charge in [0.1, 0.15) is 9.84 Å². The highest BCUT2D eigenvalue weighted by Crippen LogP contribution is 2.19. The second-order valence-corrected chi connectivity index (χ2v) is 18.7. The van der Waals surface area contributed by atoms with E-state index in [9.17, 15) is 25.3 Å². The van der Waals surface area contributed by atoms with Crippen molar-refractivity contribution in [1.29, 1.82) is 0 Å². The van der Waals surface area contributed by atoms with Crippen LogP contribution >= 0.6 is 47.3 Å². The average molecular weight is 831 g/mol. The van der Waals surface area contributed by atoms with E-state index >= 15 is 0 Å². The summed E-state index contributed by atoms with van der Waals surface area (Å²) in [5, 5.41) is 6.10. The molecule has 0 aliphatic rings. The fourth-order valence-corrected chi connectivity index (χ4v) is 6.83. The smallest absolute Gasteiger partial charge is 0.377 e. The minimum absolute atomic E-state index is 0. The fourth-order valence-electron chi connectivity index (χ4n) is 3.02. The number of rotatable bonds is 19. The first kappa shape index (κ1) is 46.8. The minimum atomic E-state index is -3.77. The molecule has 0 atom stereocenters. The summed E-state index contributed by atoms with van der Waals surface area (Å²) in [6.45, 7) is 5.23. The van der Waals surface area contributed by atoms with Gasteiger partial charge in [-0.3, -0.25) is 4.55 Å². The molecular weight excluding hydrogens is 783 g/mol. The number of sulfone groups is 1. The summed E-state index contributed by atoms with van der Waals surface area (Å²) < 4.78 is 88.1. The van der Waals surface area contributed by atoms with Crippen LogP contribution in [0.5, 0.6) is 0 Å². The topological polar surface area (TPSA) is 174 Å². The van der Waals surface area contributed by atoms with Crippen LogP contribution in [0.25, 0.3) is 0 Å².